The summed E-state index contributed by atoms with van der Waals surface area (Å²) in [7, 11) is 0. The molecule has 17 heavy (non-hydrogen) atoms. The molecular formula is C13H14ClNOS. The summed E-state index contributed by atoms with van der Waals surface area (Å²) < 4.78 is 6.67. The fourth-order valence-electron chi connectivity index (χ4n) is 2.13. The van der Waals surface area contributed by atoms with Gasteiger partial charge >= 0.3 is 0 Å². The highest BCUT2D eigenvalue weighted by atomic mass is 35.5. The summed E-state index contributed by atoms with van der Waals surface area (Å²) in [6, 6.07) is 8.35. The first-order chi connectivity index (χ1) is 8.31. The number of rotatable bonds is 2. The van der Waals surface area contributed by atoms with Crippen LogP contribution in [0.2, 0.25) is 5.02 Å². The average Bonchev–Trinajstić information content (AvgIpc) is 2.71. The minimum Gasteiger partial charge on any atom is -0.379 e. The van der Waals surface area contributed by atoms with E-state index in [1.54, 1.807) is 0 Å². The Kier molecular flexibility index (Phi) is 3.34. The lowest BCUT2D eigenvalue weighted by Crippen LogP contribution is -2.35. The lowest BCUT2D eigenvalue weighted by atomic mass is 10.2. The predicted octanol–water partition coefficient (Wildman–Crippen LogP) is 3.39. The van der Waals surface area contributed by atoms with Crippen molar-refractivity contribution in [3.63, 3.8) is 0 Å². The van der Waals surface area contributed by atoms with Crippen LogP contribution in [0.15, 0.2) is 24.3 Å². The van der Waals surface area contributed by atoms with Crippen molar-refractivity contribution in [2.45, 2.75) is 6.54 Å². The molecule has 90 valence electrons. The van der Waals surface area contributed by atoms with Gasteiger partial charge in [-0.15, -0.1) is 11.3 Å². The fourth-order valence-corrected chi connectivity index (χ4v) is 3.39. The van der Waals surface area contributed by atoms with Crippen LogP contribution in [0, 0.1) is 0 Å². The molecule has 1 aliphatic heterocycles. The molecule has 0 saturated carbocycles. The summed E-state index contributed by atoms with van der Waals surface area (Å²) in [5.74, 6) is 0. The lowest BCUT2D eigenvalue weighted by molar-refractivity contribution is 0.0346. The first kappa shape index (κ1) is 11.5. The molecule has 0 spiro atoms. The summed E-state index contributed by atoms with van der Waals surface area (Å²) in [6.07, 6.45) is 0. The maximum Gasteiger partial charge on any atom is 0.0594 e. The molecule has 0 radical (unpaired) electrons. The van der Waals surface area contributed by atoms with E-state index in [1.807, 2.05) is 23.5 Å². The van der Waals surface area contributed by atoms with Gasteiger partial charge in [-0.05, 0) is 29.7 Å². The van der Waals surface area contributed by atoms with Crippen LogP contribution in [0.5, 0.6) is 0 Å². The average molecular weight is 268 g/mol. The molecule has 1 aromatic carbocycles. The van der Waals surface area contributed by atoms with E-state index >= 15 is 0 Å². The van der Waals surface area contributed by atoms with Gasteiger partial charge in [-0.2, -0.15) is 0 Å². The van der Waals surface area contributed by atoms with Crippen molar-refractivity contribution in [1.29, 1.82) is 0 Å². The molecule has 0 unspecified atom stereocenters. The van der Waals surface area contributed by atoms with E-state index in [0.29, 0.717) is 0 Å². The number of thiophene rings is 1. The second-order valence-electron chi connectivity index (χ2n) is 4.28. The molecule has 1 aliphatic rings. The van der Waals surface area contributed by atoms with E-state index in [2.05, 4.69) is 17.0 Å². The van der Waals surface area contributed by atoms with Crippen LogP contribution < -0.4 is 0 Å². The third-order valence-corrected chi connectivity index (χ3v) is 4.35. The number of hydrogen-bond acceptors (Lipinski definition) is 3. The van der Waals surface area contributed by atoms with E-state index in [0.717, 1.165) is 37.9 Å². The summed E-state index contributed by atoms with van der Waals surface area (Å²) in [5, 5.41) is 2.07. The van der Waals surface area contributed by atoms with Gasteiger partial charge < -0.3 is 4.74 Å². The van der Waals surface area contributed by atoms with Crippen molar-refractivity contribution >= 4 is 33.0 Å². The van der Waals surface area contributed by atoms with E-state index in [9.17, 15) is 0 Å². The van der Waals surface area contributed by atoms with E-state index < -0.39 is 0 Å². The minimum atomic E-state index is 0.813. The maximum absolute atomic E-state index is 6.00. The van der Waals surface area contributed by atoms with Gasteiger partial charge in [0.2, 0.25) is 0 Å². The van der Waals surface area contributed by atoms with Crippen LogP contribution in [0.4, 0.5) is 0 Å². The van der Waals surface area contributed by atoms with Gasteiger partial charge in [-0.25, -0.2) is 0 Å². The Morgan fingerprint density at radius 2 is 2.06 bits per heavy atom. The lowest BCUT2D eigenvalue weighted by Gasteiger charge is -2.25. The molecule has 0 atom stereocenters. The van der Waals surface area contributed by atoms with E-state index in [1.165, 1.54) is 15.0 Å². The Hall–Kier alpha value is -0.610. The molecule has 0 amide bonds. The molecule has 2 nitrogen and oxygen atoms in total. The van der Waals surface area contributed by atoms with Gasteiger partial charge in [0, 0.05) is 34.2 Å². The second-order valence-corrected chi connectivity index (χ2v) is 5.89. The Morgan fingerprint density at radius 1 is 1.24 bits per heavy atom. The first-order valence-electron chi connectivity index (χ1n) is 5.79. The molecule has 2 heterocycles. The molecule has 0 aliphatic carbocycles. The van der Waals surface area contributed by atoms with Crippen LogP contribution in [0.3, 0.4) is 0 Å². The van der Waals surface area contributed by atoms with Gasteiger partial charge in [0.25, 0.3) is 0 Å². The molecule has 1 fully saturated rings. The number of hydrogen-bond donors (Lipinski definition) is 0. The molecule has 2 aromatic rings. The standard InChI is InChI=1S/C13H14ClNOS/c14-11-1-2-13-10(7-11)8-12(17-13)9-15-3-5-16-6-4-15/h1-2,7-8H,3-6,9H2. The molecule has 1 saturated heterocycles. The number of fused-ring (bicyclic) bond motifs is 1. The highest BCUT2D eigenvalue weighted by molar-refractivity contribution is 7.19. The van der Waals surface area contributed by atoms with Gasteiger partial charge in [0.1, 0.15) is 0 Å². The third-order valence-electron chi connectivity index (χ3n) is 3.01. The Bertz CT molecular complexity index is 519. The van der Waals surface area contributed by atoms with E-state index in [-0.39, 0.29) is 0 Å². The van der Waals surface area contributed by atoms with Gasteiger partial charge in [-0.3, -0.25) is 4.90 Å². The normalized spacial score (nSPS) is 17.7. The van der Waals surface area contributed by atoms with Crippen molar-refractivity contribution in [2.24, 2.45) is 0 Å². The molecular weight excluding hydrogens is 254 g/mol. The highest BCUT2D eigenvalue weighted by Crippen LogP contribution is 2.28. The third kappa shape index (κ3) is 2.63. The van der Waals surface area contributed by atoms with Crippen LogP contribution in [-0.2, 0) is 11.3 Å². The summed E-state index contributed by atoms with van der Waals surface area (Å²) in [5.41, 5.74) is 0. The monoisotopic (exact) mass is 267 g/mol. The van der Waals surface area contributed by atoms with Gasteiger partial charge in [0.05, 0.1) is 13.2 Å². The highest BCUT2D eigenvalue weighted by Gasteiger charge is 2.12. The van der Waals surface area contributed by atoms with Crippen LogP contribution in [0.1, 0.15) is 4.88 Å². The Balaban J connectivity index is 1.80. The van der Waals surface area contributed by atoms with Crippen LogP contribution >= 0.6 is 22.9 Å². The molecule has 1 aromatic heterocycles. The SMILES string of the molecule is Clc1ccc2sc(CN3CCOCC3)cc2c1. The number of benzene rings is 1. The van der Waals surface area contributed by atoms with Gasteiger partial charge in [0.15, 0.2) is 0 Å². The van der Waals surface area contributed by atoms with Crippen molar-refractivity contribution in [1.82, 2.24) is 4.90 Å². The van der Waals surface area contributed by atoms with Crippen molar-refractivity contribution < 1.29 is 4.74 Å². The Morgan fingerprint density at radius 3 is 2.88 bits per heavy atom. The predicted molar refractivity (Wildman–Crippen MR) is 72.9 cm³/mol. The van der Waals surface area contributed by atoms with E-state index in [4.69, 9.17) is 16.3 Å². The number of halogens is 1. The summed E-state index contributed by atoms with van der Waals surface area (Å²) in [4.78, 5) is 3.85. The molecule has 4 heteroatoms. The van der Waals surface area contributed by atoms with Crippen molar-refractivity contribution in [3.05, 3.63) is 34.2 Å². The largest absolute Gasteiger partial charge is 0.379 e. The minimum absolute atomic E-state index is 0.813. The smallest absolute Gasteiger partial charge is 0.0594 e. The van der Waals surface area contributed by atoms with Crippen LogP contribution in [-0.4, -0.2) is 31.2 Å². The molecule has 0 N–H and O–H groups in total. The first-order valence-corrected chi connectivity index (χ1v) is 6.99. The topological polar surface area (TPSA) is 12.5 Å². The van der Waals surface area contributed by atoms with Crippen molar-refractivity contribution in [3.8, 4) is 0 Å². The van der Waals surface area contributed by atoms with Crippen LogP contribution in [0.25, 0.3) is 10.1 Å². The Labute approximate surface area is 110 Å². The summed E-state index contributed by atoms with van der Waals surface area (Å²) >= 11 is 7.86. The van der Waals surface area contributed by atoms with Gasteiger partial charge in [-0.1, -0.05) is 11.6 Å². The molecule has 3 rings (SSSR count). The fraction of sp³-hybridized carbons (Fsp3) is 0.385. The quantitative estimate of drug-likeness (QED) is 0.827. The number of nitrogens with zero attached hydrogens (tertiary/aromatic N) is 1. The number of ether oxygens (including phenoxy) is 1. The second kappa shape index (κ2) is 4.94. The number of morpholine rings is 1. The molecule has 0 bridgehead atoms. The zero-order valence-corrected chi connectivity index (χ0v) is 11.1. The zero-order chi connectivity index (χ0) is 11.7. The maximum atomic E-state index is 6.00. The summed E-state index contributed by atoms with van der Waals surface area (Å²) in [6.45, 7) is 4.82. The zero-order valence-electron chi connectivity index (χ0n) is 9.49. The van der Waals surface area contributed by atoms with Crippen molar-refractivity contribution in [2.75, 3.05) is 26.3 Å².